The van der Waals surface area contributed by atoms with Gasteiger partial charge in [-0.3, -0.25) is 9.59 Å². The molecule has 0 spiro atoms. The Morgan fingerprint density at radius 3 is 2.44 bits per heavy atom. The van der Waals surface area contributed by atoms with Crippen LogP contribution in [0.1, 0.15) is 23.2 Å². The number of halogens is 3. The number of rotatable bonds is 3. The van der Waals surface area contributed by atoms with Crippen LogP contribution in [0.3, 0.4) is 0 Å². The van der Waals surface area contributed by atoms with Crippen LogP contribution in [-0.2, 0) is 11.3 Å². The van der Waals surface area contributed by atoms with Crippen LogP contribution in [0.4, 0.5) is 13.2 Å². The van der Waals surface area contributed by atoms with Crippen LogP contribution in [0.15, 0.2) is 16.5 Å². The highest BCUT2D eigenvalue weighted by atomic mass is 19.4. The van der Waals surface area contributed by atoms with E-state index in [0.717, 1.165) is 0 Å². The molecule has 0 radical (unpaired) electrons. The molecule has 0 aromatic carbocycles. The van der Waals surface area contributed by atoms with Crippen molar-refractivity contribution in [3.8, 4) is 0 Å². The highest BCUT2D eigenvalue weighted by Crippen LogP contribution is 2.15. The topological polar surface area (TPSA) is 59.3 Å². The number of carbonyl (C=O) groups is 2. The minimum atomic E-state index is -4.92. The van der Waals surface area contributed by atoms with Crippen LogP contribution in [0.2, 0.25) is 0 Å². The fourth-order valence-electron chi connectivity index (χ4n) is 0.930. The van der Waals surface area contributed by atoms with Crippen LogP contribution in [0, 0.1) is 0 Å². The maximum Gasteiger partial charge on any atom is 0.471 e. The molecule has 1 aromatic heterocycles. The number of amides is 1. The summed E-state index contributed by atoms with van der Waals surface area (Å²) in [4.78, 5) is 21.2. The first kappa shape index (κ1) is 12.3. The van der Waals surface area contributed by atoms with Crippen molar-refractivity contribution in [3.63, 3.8) is 0 Å². The number of alkyl halides is 3. The molecule has 0 atom stereocenters. The number of ketones is 1. The van der Waals surface area contributed by atoms with Gasteiger partial charge in [-0.05, 0) is 12.1 Å². The Bertz CT molecular complexity index is 408. The van der Waals surface area contributed by atoms with E-state index in [0.29, 0.717) is 0 Å². The maximum atomic E-state index is 11.8. The van der Waals surface area contributed by atoms with Gasteiger partial charge in [-0.1, -0.05) is 0 Å². The number of carbonyl (C=O) groups excluding carboxylic acids is 2. The molecule has 0 aliphatic rings. The van der Waals surface area contributed by atoms with E-state index in [1.807, 2.05) is 0 Å². The first-order valence-electron chi connectivity index (χ1n) is 4.25. The van der Waals surface area contributed by atoms with Crippen LogP contribution in [0.5, 0.6) is 0 Å². The summed E-state index contributed by atoms with van der Waals surface area (Å²) in [7, 11) is 0. The molecule has 1 N–H and O–H groups in total. The summed E-state index contributed by atoms with van der Waals surface area (Å²) in [5, 5.41) is 1.62. The number of Topliss-reactive ketones (excluding diaryl/α,β-unsaturated/α-hetero) is 1. The first-order valence-corrected chi connectivity index (χ1v) is 4.25. The molecule has 0 aliphatic carbocycles. The molecular weight excluding hydrogens is 227 g/mol. The van der Waals surface area contributed by atoms with Gasteiger partial charge in [0.05, 0.1) is 6.54 Å². The smallest absolute Gasteiger partial charge is 0.456 e. The zero-order chi connectivity index (χ0) is 12.3. The average Bonchev–Trinajstić information content (AvgIpc) is 2.60. The summed E-state index contributed by atoms with van der Waals surface area (Å²) in [6.45, 7) is 0.850. The lowest BCUT2D eigenvalue weighted by Crippen LogP contribution is -2.36. The Kier molecular flexibility index (Phi) is 3.36. The van der Waals surface area contributed by atoms with Crippen molar-refractivity contribution in [2.45, 2.75) is 19.6 Å². The molecule has 0 bridgehead atoms. The predicted molar refractivity (Wildman–Crippen MR) is 46.6 cm³/mol. The van der Waals surface area contributed by atoms with E-state index in [-0.39, 0.29) is 17.3 Å². The van der Waals surface area contributed by atoms with Gasteiger partial charge in [-0.25, -0.2) is 0 Å². The van der Waals surface area contributed by atoms with Gasteiger partial charge in [0.2, 0.25) is 0 Å². The average molecular weight is 235 g/mol. The maximum absolute atomic E-state index is 11.8. The minimum absolute atomic E-state index is 0.0382. The molecule has 0 fully saturated rings. The van der Waals surface area contributed by atoms with E-state index >= 15 is 0 Å². The van der Waals surface area contributed by atoms with E-state index < -0.39 is 18.6 Å². The summed E-state index contributed by atoms with van der Waals surface area (Å²) in [6.07, 6.45) is -4.92. The Morgan fingerprint density at radius 1 is 1.38 bits per heavy atom. The molecule has 7 heteroatoms. The SMILES string of the molecule is CC(=O)c1ccc(CNC(=O)C(F)(F)F)o1. The van der Waals surface area contributed by atoms with Crippen molar-refractivity contribution >= 4 is 11.7 Å². The summed E-state index contributed by atoms with van der Waals surface area (Å²) < 4.78 is 40.2. The molecule has 1 heterocycles. The summed E-state index contributed by atoms with van der Waals surface area (Å²) >= 11 is 0. The van der Waals surface area contributed by atoms with Crippen molar-refractivity contribution in [1.29, 1.82) is 0 Å². The van der Waals surface area contributed by atoms with Crippen molar-refractivity contribution in [1.82, 2.24) is 5.32 Å². The van der Waals surface area contributed by atoms with Gasteiger partial charge in [-0.15, -0.1) is 0 Å². The van der Waals surface area contributed by atoms with E-state index in [4.69, 9.17) is 4.42 Å². The van der Waals surface area contributed by atoms with Crippen LogP contribution < -0.4 is 5.32 Å². The molecule has 0 saturated carbocycles. The van der Waals surface area contributed by atoms with Crippen molar-refractivity contribution in [3.05, 3.63) is 23.7 Å². The number of furan rings is 1. The zero-order valence-electron chi connectivity index (χ0n) is 8.22. The molecule has 1 aromatic rings. The fraction of sp³-hybridized carbons (Fsp3) is 0.333. The largest absolute Gasteiger partial charge is 0.471 e. The monoisotopic (exact) mass is 235 g/mol. The highest BCUT2D eigenvalue weighted by Gasteiger charge is 2.38. The third-order valence-corrected chi connectivity index (χ3v) is 1.69. The Hall–Kier alpha value is -1.79. The lowest BCUT2D eigenvalue weighted by molar-refractivity contribution is -0.173. The van der Waals surface area contributed by atoms with Gasteiger partial charge < -0.3 is 9.73 Å². The van der Waals surface area contributed by atoms with Gasteiger partial charge in [0.1, 0.15) is 5.76 Å². The summed E-state index contributed by atoms with van der Waals surface area (Å²) in [5.41, 5.74) is 0. The van der Waals surface area contributed by atoms with Gasteiger partial charge in [0.25, 0.3) is 0 Å². The lowest BCUT2D eigenvalue weighted by Gasteiger charge is -2.05. The third kappa shape index (κ3) is 3.11. The Morgan fingerprint density at radius 2 is 2.00 bits per heavy atom. The van der Waals surface area contributed by atoms with E-state index in [1.54, 1.807) is 5.32 Å². The lowest BCUT2D eigenvalue weighted by atomic mass is 10.3. The van der Waals surface area contributed by atoms with Gasteiger partial charge >= 0.3 is 12.1 Å². The molecule has 0 aliphatic heterocycles. The summed E-state index contributed by atoms with van der Waals surface area (Å²) in [5.74, 6) is -2.26. The van der Waals surface area contributed by atoms with Crippen LogP contribution >= 0.6 is 0 Å². The first-order chi connectivity index (χ1) is 7.30. The molecule has 0 saturated heterocycles. The summed E-state index contributed by atoms with van der Waals surface area (Å²) in [6, 6.07) is 2.66. The van der Waals surface area contributed by atoms with Gasteiger partial charge in [0, 0.05) is 6.92 Å². The molecular formula is C9H8F3NO3. The quantitative estimate of drug-likeness (QED) is 0.810. The molecule has 88 valence electrons. The van der Waals surface area contributed by atoms with Crippen molar-refractivity contribution in [2.24, 2.45) is 0 Å². The molecule has 1 amide bonds. The number of nitrogens with one attached hydrogen (secondary N) is 1. The number of hydrogen-bond donors (Lipinski definition) is 1. The standard InChI is InChI=1S/C9H8F3NO3/c1-5(14)7-3-2-6(16-7)4-13-8(15)9(10,11)12/h2-3H,4H2,1H3,(H,13,15). The van der Waals surface area contributed by atoms with Crippen molar-refractivity contribution in [2.75, 3.05) is 0 Å². The molecule has 4 nitrogen and oxygen atoms in total. The van der Waals surface area contributed by atoms with Gasteiger partial charge in [-0.2, -0.15) is 13.2 Å². The van der Waals surface area contributed by atoms with E-state index in [2.05, 4.69) is 0 Å². The minimum Gasteiger partial charge on any atom is -0.456 e. The van der Waals surface area contributed by atoms with E-state index in [1.165, 1.54) is 19.1 Å². The fourth-order valence-corrected chi connectivity index (χ4v) is 0.930. The second kappa shape index (κ2) is 4.38. The van der Waals surface area contributed by atoms with Gasteiger partial charge in [0.15, 0.2) is 11.5 Å². The molecule has 16 heavy (non-hydrogen) atoms. The predicted octanol–water partition coefficient (Wildman–Crippen LogP) is 1.66. The second-order valence-corrected chi connectivity index (χ2v) is 3.00. The number of hydrogen-bond acceptors (Lipinski definition) is 3. The van der Waals surface area contributed by atoms with E-state index in [9.17, 15) is 22.8 Å². The molecule has 1 rings (SSSR count). The Balaban J connectivity index is 2.55. The zero-order valence-corrected chi connectivity index (χ0v) is 8.22. The molecule has 0 unspecified atom stereocenters. The van der Waals surface area contributed by atoms with Crippen LogP contribution in [-0.4, -0.2) is 17.9 Å². The Labute approximate surface area is 88.4 Å². The highest BCUT2D eigenvalue weighted by molar-refractivity contribution is 5.91. The van der Waals surface area contributed by atoms with Crippen LogP contribution in [0.25, 0.3) is 0 Å². The third-order valence-electron chi connectivity index (χ3n) is 1.69. The van der Waals surface area contributed by atoms with Crippen molar-refractivity contribution < 1.29 is 27.2 Å². The second-order valence-electron chi connectivity index (χ2n) is 3.00. The normalized spacial score (nSPS) is 11.2.